The summed E-state index contributed by atoms with van der Waals surface area (Å²) >= 11 is 0. The Hall–Kier alpha value is -1.26. The molecule has 0 radical (unpaired) electrons. The highest BCUT2D eigenvalue weighted by Gasteiger charge is 2.21. The Morgan fingerprint density at radius 2 is 1.95 bits per heavy atom. The highest BCUT2D eigenvalue weighted by Crippen LogP contribution is 2.34. The van der Waals surface area contributed by atoms with E-state index in [4.69, 9.17) is 14.2 Å². The fraction of sp³-hybridized carbons (Fsp3) is 0.625. The molecule has 2 rings (SSSR count). The Bertz CT molecular complexity index is 445. The van der Waals surface area contributed by atoms with Crippen LogP contribution >= 0.6 is 0 Å². The summed E-state index contributed by atoms with van der Waals surface area (Å²) in [6, 6.07) is 6.47. The molecule has 1 aromatic rings. The lowest BCUT2D eigenvalue weighted by Gasteiger charge is -2.27. The molecule has 112 valence electrons. The zero-order valence-corrected chi connectivity index (χ0v) is 12.9. The van der Waals surface area contributed by atoms with Crippen molar-refractivity contribution in [3.63, 3.8) is 0 Å². The third kappa shape index (κ3) is 3.64. The molecule has 1 aromatic carbocycles. The van der Waals surface area contributed by atoms with Gasteiger partial charge in [0.15, 0.2) is 11.5 Å². The van der Waals surface area contributed by atoms with Crippen LogP contribution in [0.2, 0.25) is 0 Å². The smallest absolute Gasteiger partial charge is 0.161 e. The van der Waals surface area contributed by atoms with Crippen molar-refractivity contribution in [1.29, 1.82) is 0 Å². The summed E-state index contributed by atoms with van der Waals surface area (Å²) in [5.74, 6) is 1.69. The van der Waals surface area contributed by atoms with Crippen LogP contribution in [0.4, 0.5) is 0 Å². The van der Waals surface area contributed by atoms with Gasteiger partial charge in [0.1, 0.15) is 13.2 Å². The minimum atomic E-state index is -0.0943. The minimum absolute atomic E-state index is 0.0943. The number of methoxy groups -OCH3 is 1. The van der Waals surface area contributed by atoms with Gasteiger partial charge in [0.25, 0.3) is 0 Å². The minimum Gasteiger partial charge on any atom is -0.486 e. The number of hydrogen-bond acceptors (Lipinski definition) is 4. The molecular formula is C16H25NO3. The first-order valence-corrected chi connectivity index (χ1v) is 7.18. The Morgan fingerprint density at radius 1 is 1.25 bits per heavy atom. The zero-order chi connectivity index (χ0) is 14.6. The summed E-state index contributed by atoms with van der Waals surface area (Å²) in [6.45, 7) is 5.48. The van der Waals surface area contributed by atoms with E-state index in [0.29, 0.717) is 19.3 Å². The number of benzene rings is 1. The molecule has 0 saturated carbocycles. The average molecular weight is 279 g/mol. The quantitative estimate of drug-likeness (QED) is 0.869. The maximum absolute atomic E-state index is 5.65. The second-order valence-electron chi connectivity index (χ2n) is 5.75. The van der Waals surface area contributed by atoms with Gasteiger partial charge in [0, 0.05) is 13.2 Å². The second-order valence-corrected chi connectivity index (χ2v) is 5.75. The Kier molecular flexibility index (Phi) is 4.89. The lowest BCUT2D eigenvalue weighted by molar-refractivity contribution is 0.0118. The third-order valence-electron chi connectivity index (χ3n) is 3.90. The normalized spacial score (nSPS) is 16.0. The molecule has 0 aromatic heterocycles. The maximum Gasteiger partial charge on any atom is 0.161 e. The van der Waals surface area contributed by atoms with Crippen molar-refractivity contribution in [2.75, 3.05) is 27.4 Å². The molecule has 0 aliphatic carbocycles. The predicted octanol–water partition coefficient (Wildman–Crippen LogP) is 2.92. The van der Waals surface area contributed by atoms with Gasteiger partial charge in [-0.25, -0.2) is 0 Å². The van der Waals surface area contributed by atoms with Crippen LogP contribution in [0.25, 0.3) is 0 Å². The summed E-state index contributed by atoms with van der Waals surface area (Å²) in [6.07, 6.45) is 2.00. The van der Waals surface area contributed by atoms with E-state index in [2.05, 4.69) is 31.3 Å². The van der Waals surface area contributed by atoms with Crippen molar-refractivity contribution in [3.8, 4) is 11.5 Å². The van der Waals surface area contributed by atoms with Gasteiger partial charge in [-0.3, -0.25) is 0 Å². The molecular weight excluding hydrogens is 254 g/mol. The lowest BCUT2D eigenvalue weighted by atomic mass is 9.94. The Labute approximate surface area is 121 Å². The van der Waals surface area contributed by atoms with Gasteiger partial charge in [-0.15, -0.1) is 0 Å². The van der Waals surface area contributed by atoms with Crippen molar-refractivity contribution in [2.24, 2.45) is 0 Å². The molecule has 1 atom stereocenters. The highest BCUT2D eigenvalue weighted by molar-refractivity contribution is 5.44. The van der Waals surface area contributed by atoms with Crippen LogP contribution in [0.5, 0.6) is 11.5 Å². The number of ether oxygens (including phenoxy) is 3. The van der Waals surface area contributed by atoms with Crippen LogP contribution in [0.1, 0.15) is 38.3 Å². The number of fused-ring (bicyclic) bond motifs is 1. The van der Waals surface area contributed by atoms with Crippen LogP contribution in [-0.4, -0.2) is 33.0 Å². The van der Waals surface area contributed by atoms with Crippen LogP contribution < -0.4 is 14.8 Å². The Morgan fingerprint density at radius 3 is 2.60 bits per heavy atom. The van der Waals surface area contributed by atoms with E-state index < -0.39 is 0 Å². The first-order valence-electron chi connectivity index (χ1n) is 7.18. The summed E-state index contributed by atoms with van der Waals surface area (Å²) < 4.78 is 16.7. The molecule has 1 N–H and O–H groups in total. The van der Waals surface area contributed by atoms with Crippen molar-refractivity contribution < 1.29 is 14.2 Å². The largest absolute Gasteiger partial charge is 0.486 e. The van der Waals surface area contributed by atoms with Crippen LogP contribution in [-0.2, 0) is 4.74 Å². The fourth-order valence-corrected chi connectivity index (χ4v) is 2.35. The molecule has 1 aliphatic heterocycles. The maximum atomic E-state index is 5.65. The standard InChI is InChI=1S/C16H25NO3/c1-16(2,18-4)8-7-13(17-3)12-5-6-14-15(11-12)20-10-9-19-14/h5-6,11,13,17H,7-10H2,1-4H3. The van der Waals surface area contributed by atoms with Gasteiger partial charge < -0.3 is 19.5 Å². The van der Waals surface area contributed by atoms with Gasteiger partial charge >= 0.3 is 0 Å². The number of hydrogen-bond donors (Lipinski definition) is 1. The van der Waals surface area contributed by atoms with Gasteiger partial charge in [0.2, 0.25) is 0 Å². The van der Waals surface area contributed by atoms with E-state index in [1.54, 1.807) is 7.11 Å². The summed E-state index contributed by atoms with van der Waals surface area (Å²) in [5.41, 5.74) is 1.13. The van der Waals surface area contributed by atoms with Crippen LogP contribution in [0, 0.1) is 0 Å². The topological polar surface area (TPSA) is 39.7 Å². The van der Waals surface area contributed by atoms with Crippen molar-refractivity contribution in [2.45, 2.75) is 38.3 Å². The van der Waals surface area contributed by atoms with Crippen molar-refractivity contribution in [1.82, 2.24) is 5.32 Å². The van der Waals surface area contributed by atoms with E-state index in [9.17, 15) is 0 Å². The van der Waals surface area contributed by atoms with Gasteiger partial charge in [-0.1, -0.05) is 6.07 Å². The molecule has 1 aliphatic rings. The number of rotatable bonds is 6. The van der Waals surface area contributed by atoms with Gasteiger partial charge in [-0.05, 0) is 51.4 Å². The first-order chi connectivity index (χ1) is 9.55. The molecule has 0 bridgehead atoms. The first kappa shape index (κ1) is 15.1. The van der Waals surface area contributed by atoms with Gasteiger partial charge in [-0.2, -0.15) is 0 Å². The molecule has 20 heavy (non-hydrogen) atoms. The lowest BCUT2D eigenvalue weighted by Crippen LogP contribution is -2.26. The SMILES string of the molecule is CNC(CCC(C)(C)OC)c1ccc2c(c1)OCCO2. The molecule has 4 nitrogen and oxygen atoms in total. The summed E-state index contributed by atoms with van der Waals surface area (Å²) in [5, 5.41) is 3.37. The number of nitrogens with one attached hydrogen (secondary N) is 1. The molecule has 1 unspecified atom stereocenters. The van der Waals surface area contributed by atoms with E-state index in [1.807, 2.05) is 13.1 Å². The van der Waals surface area contributed by atoms with E-state index in [-0.39, 0.29) is 5.60 Å². The van der Waals surface area contributed by atoms with E-state index >= 15 is 0 Å². The van der Waals surface area contributed by atoms with E-state index in [0.717, 1.165) is 24.3 Å². The second kappa shape index (κ2) is 6.46. The van der Waals surface area contributed by atoms with E-state index in [1.165, 1.54) is 5.56 Å². The third-order valence-corrected chi connectivity index (χ3v) is 3.90. The molecule has 0 spiro atoms. The van der Waals surface area contributed by atoms with Crippen molar-refractivity contribution >= 4 is 0 Å². The molecule has 0 amide bonds. The monoisotopic (exact) mass is 279 g/mol. The highest BCUT2D eigenvalue weighted by atomic mass is 16.6. The fourth-order valence-electron chi connectivity index (χ4n) is 2.35. The molecule has 1 heterocycles. The van der Waals surface area contributed by atoms with Crippen LogP contribution in [0.15, 0.2) is 18.2 Å². The van der Waals surface area contributed by atoms with Gasteiger partial charge in [0.05, 0.1) is 5.60 Å². The zero-order valence-electron chi connectivity index (χ0n) is 12.9. The molecule has 0 saturated heterocycles. The average Bonchev–Trinajstić information content (AvgIpc) is 2.47. The summed E-state index contributed by atoms with van der Waals surface area (Å²) in [7, 11) is 3.75. The molecule has 4 heteroatoms. The molecule has 0 fully saturated rings. The predicted molar refractivity (Wildman–Crippen MR) is 79.6 cm³/mol. The van der Waals surface area contributed by atoms with Crippen molar-refractivity contribution in [3.05, 3.63) is 23.8 Å². The van der Waals surface area contributed by atoms with Crippen LogP contribution in [0.3, 0.4) is 0 Å². The Balaban J connectivity index is 2.07. The summed E-state index contributed by atoms with van der Waals surface area (Å²) in [4.78, 5) is 0.